The van der Waals surface area contributed by atoms with Gasteiger partial charge in [0.15, 0.2) is 11.6 Å². The molecule has 1 aliphatic rings. The van der Waals surface area contributed by atoms with Crippen LogP contribution in [0.15, 0.2) is 48.5 Å². The molecule has 0 bridgehead atoms. The molecule has 38 heavy (non-hydrogen) atoms. The summed E-state index contributed by atoms with van der Waals surface area (Å²) in [7, 11) is 1.85. The highest BCUT2D eigenvalue weighted by Crippen LogP contribution is 2.35. The molecule has 0 radical (unpaired) electrons. The lowest BCUT2D eigenvalue weighted by Gasteiger charge is -2.25. The summed E-state index contributed by atoms with van der Waals surface area (Å²) in [6.45, 7) is 8.00. The minimum Gasteiger partial charge on any atom is -0.486 e. The van der Waals surface area contributed by atoms with Gasteiger partial charge in [-0.25, -0.2) is 9.07 Å². The highest BCUT2D eigenvalue weighted by molar-refractivity contribution is 5.80. The Balaban J connectivity index is 1.50. The number of para-hydroxylation sites is 1. The first-order chi connectivity index (χ1) is 18.2. The first kappa shape index (κ1) is 25.9. The van der Waals surface area contributed by atoms with Crippen LogP contribution in [-0.2, 0) is 24.9 Å². The van der Waals surface area contributed by atoms with Crippen LogP contribution in [0.5, 0.6) is 5.75 Å². The van der Waals surface area contributed by atoms with E-state index in [-0.39, 0.29) is 24.3 Å². The number of aryl methyl sites for hydroxylation is 3. The van der Waals surface area contributed by atoms with Gasteiger partial charge in [0, 0.05) is 38.2 Å². The van der Waals surface area contributed by atoms with Crippen LogP contribution in [0, 0.1) is 19.7 Å². The average molecular weight is 517 g/mol. The topological polar surface area (TPSA) is 80.5 Å². The summed E-state index contributed by atoms with van der Waals surface area (Å²) in [6.07, 6.45) is 0.628. The number of benzene rings is 3. The number of carboxylic acids is 1. The number of halogens is 1. The molecule has 198 valence electrons. The molecule has 1 N–H and O–H groups in total. The number of nitrogens with zero attached hydrogens (tertiary/aromatic N) is 4. The second-order valence-corrected chi connectivity index (χ2v) is 10.2. The second kappa shape index (κ2) is 10.5. The standard InChI is InChI=1S/C30H33FN4O3/c1-5-23-17-35(15-21-7-6-8-26(31)30(21)38-23)16-22-13-20(10-9-18(22)2)25(14-28(36)37)24-11-12-27-29(19(24)3)32-33-34(27)4/h6-13,23,25H,5,14-17H2,1-4H3,(H,36,37)/t23-,25?/m1/s1. The van der Waals surface area contributed by atoms with Gasteiger partial charge in [-0.1, -0.05) is 48.5 Å². The zero-order valence-corrected chi connectivity index (χ0v) is 22.2. The molecule has 1 aromatic heterocycles. The largest absolute Gasteiger partial charge is 0.486 e. The lowest BCUT2D eigenvalue weighted by Crippen LogP contribution is -2.32. The quantitative estimate of drug-likeness (QED) is 0.349. The zero-order valence-electron chi connectivity index (χ0n) is 22.2. The summed E-state index contributed by atoms with van der Waals surface area (Å²) in [5.41, 5.74) is 7.61. The van der Waals surface area contributed by atoms with E-state index in [0.717, 1.165) is 50.8 Å². The normalized spacial score (nSPS) is 16.6. The van der Waals surface area contributed by atoms with Crippen molar-refractivity contribution in [1.29, 1.82) is 0 Å². The highest BCUT2D eigenvalue weighted by Gasteiger charge is 2.26. The van der Waals surface area contributed by atoms with Crippen molar-refractivity contribution in [3.63, 3.8) is 0 Å². The van der Waals surface area contributed by atoms with Crippen LogP contribution in [0.3, 0.4) is 0 Å². The van der Waals surface area contributed by atoms with E-state index in [0.29, 0.717) is 25.4 Å². The van der Waals surface area contributed by atoms with E-state index < -0.39 is 5.97 Å². The summed E-state index contributed by atoms with van der Waals surface area (Å²) in [6, 6.07) is 15.3. The molecule has 7 nitrogen and oxygen atoms in total. The van der Waals surface area contributed by atoms with Gasteiger partial charge in [0.1, 0.15) is 11.6 Å². The minimum absolute atomic E-state index is 0.0305. The van der Waals surface area contributed by atoms with E-state index in [9.17, 15) is 14.3 Å². The number of carbonyl (C=O) groups is 1. The first-order valence-electron chi connectivity index (χ1n) is 13.0. The van der Waals surface area contributed by atoms with E-state index >= 15 is 0 Å². The molecular formula is C30H33FN4O3. The number of aromatic nitrogens is 3. The monoisotopic (exact) mass is 516 g/mol. The molecule has 0 amide bonds. The van der Waals surface area contributed by atoms with Crippen LogP contribution >= 0.6 is 0 Å². The number of hydrogen-bond acceptors (Lipinski definition) is 5. The molecule has 2 atom stereocenters. The van der Waals surface area contributed by atoms with Crippen molar-refractivity contribution in [2.24, 2.45) is 7.05 Å². The van der Waals surface area contributed by atoms with Gasteiger partial charge in [0.25, 0.3) is 0 Å². The fourth-order valence-corrected chi connectivity index (χ4v) is 5.47. The Labute approximate surface area is 221 Å². The van der Waals surface area contributed by atoms with Crippen LogP contribution < -0.4 is 4.74 Å². The summed E-state index contributed by atoms with van der Waals surface area (Å²) in [4.78, 5) is 14.3. The molecule has 5 rings (SSSR count). The molecular weight excluding hydrogens is 483 g/mol. The molecule has 0 fully saturated rings. The van der Waals surface area contributed by atoms with Gasteiger partial charge in [-0.05, 0) is 60.2 Å². The third-order valence-electron chi connectivity index (χ3n) is 7.65. The molecule has 0 aliphatic carbocycles. The number of rotatable bonds is 7. The van der Waals surface area contributed by atoms with Gasteiger partial charge in [0.2, 0.25) is 0 Å². The van der Waals surface area contributed by atoms with E-state index in [1.54, 1.807) is 10.7 Å². The molecule has 2 heterocycles. The van der Waals surface area contributed by atoms with Gasteiger partial charge in [-0.3, -0.25) is 9.69 Å². The lowest BCUT2D eigenvalue weighted by atomic mass is 9.84. The summed E-state index contributed by atoms with van der Waals surface area (Å²) < 4.78 is 22.3. The summed E-state index contributed by atoms with van der Waals surface area (Å²) >= 11 is 0. The molecule has 8 heteroatoms. The third-order valence-corrected chi connectivity index (χ3v) is 7.65. The molecule has 1 unspecified atom stereocenters. The average Bonchev–Trinajstić information content (AvgIpc) is 3.16. The molecule has 4 aromatic rings. The van der Waals surface area contributed by atoms with Crippen LogP contribution in [0.2, 0.25) is 0 Å². The van der Waals surface area contributed by atoms with Gasteiger partial charge in [-0.15, -0.1) is 5.10 Å². The van der Waals surface area contributed by atoms with E-state index in [2.05, 4.69) is 34.3 Å². The van der Waals surface area contributed by atoms with Gasteiger partial charge >= 0.3 is 5.97 Å². The maximum Gasteiger partial charge on any atom is 0.304 e. The predicted octanol–water partition coefficient (Wildman–Crippen LogP) is 5.50. The zero-order chi connectivity index (χ0) is 27.0. The number of hydrogen-bond donors (Lipinski definition) is 1. The van der Waals surface area contributed by atoms with Crippen LogP contribution in [-0.4, -0.2) is 43.6 Å². The SMILES string of the molecule is CC[C@@H]1CN(Cc2cc(C(CC(=O)O)c3ccc4c(nnn4C)c3C)ccc2C)Cc2cccc(F)c2O1. The van der Waals surface area contributed by atoms with Crippen molar-refractivity contribution in [2.45, 2.75) is 58.7 Å². The maximum absolute atomic E-state index is 14.5. The Bertz CT molecular complexity index is 1500. The Morgan fingerprint density at radius 3 is 2.79 bits per heavy atom. The Kier molecular flexibility index (Phi) is 7.17. The van der Waals surface area contributed by atoms with Crippen LogP contribution in [0.25, 0.3) is 11.0 Å². The molecule has 0 spiro atoms. The Hall–Kier alpha value is -3.78. The summed E-state index contributed by atoms with van der Waals surface area (Å²) in [5.74, 6) is -1.16. The van der Waals surface area contributed by atoms with Crippen molar-refractivity contribution < 1.29 is 19.0 Å². The number of carboxylic acid groups (broad SMARTS) is 1. The number of fused-ring (bicyclic) bond motifs is 2. The summed E-state index contributed by atoms with van der Waals surface area (Å²) in [5, 5.41) is 18.3. The van der Waals surface area contributed by atoms with Crippen LogP contribution in [0.1, 0.15) is 59.1 Å². The van der Waals surface area contributed by atoms with Crippen molar-refractivity contribution in [2.75, 3.05) is 6.54 Å². The lowest BCUT2D eigenvalue weighted by molar-refractivity contribution is -0.137. The van der Waals surface area contributed by atoms with Crippen molar-refractivity contribution in [3.05, 3.63) is 87.7 Å². The smallest absolute Gasteiger partial charge is 0.304 e. The Morgan fingerprint density at radius 2 is 2.03 bits per heavy atom. The van der Waals surface area contributed by atoms with Gasteiger partial charge < -0.3 is 9.84 Å². The van der Waals surface area contributed by atoms with E-state index in [1.165, 1.54) is 6.07 Å². The third kappa shape index (κ3) is 5.00. The second-order valence-electron chi connectivity index (χ2n) is 10.2. The highest BCUT2D eigenvalue weighted by atomic mass is 19.1. The van der Waals surface area contributed by atoms with E-state index in [1.807, 2.05) is 45.2 Å². The maximum atomic E-state index is 14.5. The first-order valence-corrected chi connectivity index (χ1v) is 13.0. The van der Waals surface area contributed by atoms with E-state index in [4.69, 9.17) is 4.74 Å². The molecule has 1 aliphatic heterocycles. The fraction of sp³-hybridized carbons (Fsp3) is 0.367. The number of ether oxygens (including phenoxy) is 1. The van der Waals surface area contributed by atoms with Crippen molar-refractivity contribution >= 4 is 17.0 Å². The van der Waals surface area contributed by atoms with Crippen molar-refractivity contribution in [3.8, 4) is 5.75 Å². The predicted molar refractivity (Wildman–Crippen MR) is 144 cm³/mol. The van der Waals surface area contributed by atoms with Crippen molar-refractivity contribution in [1.82, 2.24) is 19.9 Å². The number of aliphatic carboxylic acids is 1. The minimum atomic E-state index is -0.857. The molecule has 3 aromatic carbocycles. The Morgan fingerprint density at radius 1 is 1.21 bits per heavy atom. The fourth-order valence-electron chi connectivity index (χ4n) is 5.47. The molecule has 0 saturated carbocycles. The van der Waals surface area contributed by atoms with Gasteiger partial charge in [-0.2, -0.15) is 0 Å². The van der Waals surface area contributed by atoms with Gasteiger partial charge in [0.05, 0.1) is 11.9 Å². The molecule has 0 saturated heterocycles. The van der Waals surface area contributed by atoms with Crippen LogP contribution in [0.4, 0.5) is 4.39 Å².